The zero-order chi connectivity index (χ0) is 53.6. The number of benzene rings is 1. The number of ether oxygens (including phenoxy) is 2. The minimum absolute atomic E-state index is 0.0167. The van der Waals surface area contributed by atoms with Crippen molar-refractivity contribution in [1.29, 1.82) is 0 Å². The maximum absolute atomic E-state index is 14.1. The number of hydrogen-bond acceptors (Lipinski definition) is 6. The Morgan fingerprint density at radius 3 is 1.28 bits per heavy atom. The summed E-state index contributed by atoms with van der Waals surface area (Å²) in [5.41, 5.74) is -1.89. The van der Waals surface area contributed by atoms with E-state index >= 15 is 0 Å². The van der Waals surface area contributed by atoms with Crippen molar-refractivity contribution in [2.45, 2.75) is 257 Å². The van der Waals surface area contributed by atoms with Crippen LogP contribution < -0.4 is 0 Å². The van der Waals surface area contributed by atoms with Gasteiger partial charge in [0.1, 0.15) is 24.6 Å². The third kappa shape index (κ3) is 24.5. The van der Waals surface area contributed by atoms with Crippen LogP contribution in [0.2, 0.25) is 5.02 Å². The molecule has 7 rings (SSSR count). The standard InChI is InChI=1S/C16H26F4O3S.C16H29FO.C9H15ClO.C9H11Cl.C7H13FO/c1-11-2-4-12(5-3-11)6-7-13-8-9-15(14(17)10-13)23-24(21,22)16(18,19)20;1-12-3-5-13(6-4-12)7-8-14-9-10-16(18-2)15(17)11-14;1-7-2-4-8(5-3-7)6-9(10)11;1-6-4-7(2)9(10)8(3)5-6;1-9-7-5-3-2-4-6(7)8/h11-15H,2-10H2,1H3;12-16H,3-11H2,1-2H3;7-8H,2-6H2,1H3;4-5H,1-3H3;6-7H,2-5H2,1H3. The van der Waals surface area contributed by atoms with Crippen LogP contribution in [0.4, 0.5) is 26.3 Å². The van der Waals surface area contributed by atoms with Gasteiger partial charge in [-0.1, -0.05) is 153 Å². The quantitative estimate of drug-likeness (QED) is 0.0898. The molecule has 8 unspecified atom stereocenters. The van der Waals surface area contributed by atoms with E-state index in [0.29, 0.717) is 37.0 Å². The molecule has 8 atom stereocenters. The van der Waals surface area contributed by atoms with Gasteiger partial charge in [0.2, 0.25) is 5.24 Å². The first-order valence-corrected chi connectivity index (χ1v) is 30.0. The van der Waals surface area contributed by atoms with Gasteiger partial charge in [-0.15, -0.1) is 0 Å². The van der Waals surface area contributed by atoms with Gasteiger partial charge in [-0.3, -0.25) is 8.98 Å². The molecule has 0 aliphatic heterocycles. The van der Waals surface area contributed by atoms with Gasteiger partial charge in [0.25, 0.3) is 0 Å². The van der Waals surface area contributed by atoms with Crippen molar-refractivity contribution < 1.29 is 53.2 Å². The summed E-state index contributed by atoms with van der Waals surface area (Å²) in [4.78, 5) is 10.6. The van der Waals surface area contributed by atoms with Gasteiger partial charge < -0.3 is 9.47 Å². The highest BCUT2D eigenvalue weighted by Crippen LogP contribution is 2.39. The molecule has 6 nitrogen and oxygen atoms in total. The summed E-state index contributed by atoms with van der Waals surface area (Å²) in [7, 11) is -2.50. The Labute approximate surface area is 442 Å². The predicted molar refractivity (Wildman–Crippen MR) is 282 cm³/mol. The maximum Gasteiger partial charge on any atom is 0.523 e. The topological polar surface area (TPSA) is 78.9 Å². The largest absolute Gasteiger partial charge is 0.523 e. The van der Waals surface area contributed by atoms with Gasteiger partial charge in [0, 0.05) is 25.7 Å². The number of alkyl halides is 6. The van der Waals surface area contributed by atoms with Gasteiger partial charge in [-0.05, 0) is 155 Å². The minimum Gasteiger partial charge on any atom is -0.378 e. The lowest BCUT2D eigenvalue weighted by atomic mass is 9.77. The van der Waals surface area contributed by atoms with E-state index in [4.69, 9.17) is 32.7 Å². The van der Waals surface area contributed by atoms with E-state index in [0.717, 1.165) is 73.6 Å². The molecule has 0 saturated heterocycles. The molecule has 6 saturated carbocycles. The number of carbonyl (C=O) groups is 1. The fraction of sp³-hybridized carbons (Fsp3) is 0.877. The van der Waals surface area contributed by atoms with Crippen LogP contribution in [-0.4, -0.2) is 70.2 Å². The Morgan fingerprint density at radius 1 is 0.556 bits per heavy atom. The first-order chi connectivity index (χ1) is 33.9. The molecule has 420 valence electrons. The van der Waals surface area contributed by atoms with Crippen LogP contribution in [0.25, 0.3) is 0 Å². The highest BCUT2D eigenvalue weighted by atomic mass is 35.5. The average molecular weight is 1090 g/mol. The first-order valence-electron chi connectivity index (χ1n) is 27.8. The highest BCUT2D eigenvalue weighted by molar-refractivity contribution is 7.87. The zero-order valence-corrected chi connectivity index (χ0v) is 47.5. The molecule has 15 heteroatoms. The van der Waals surface area contributed by atoms with Gasteiger partial charge >= 0.3 is 15.6 Å². The van der Waals surface area contributed by atoms with E-state index in [1.54, 1.807) is 14.2 Å². The van der Waals surface area contributed by atoms with Crippen molar-refractivity contribution in [2.75, 3.05) is 14.2 Å². The predicted octanol–water partition coefficient (Wildman–Crippen LogP) is 17.9. The number of carbonyl (C=O) groups excluding carboxylic acids is 1. The second-order valence-corrected chi connectivity index (χ2v) is 25.4. The van der Waals surface area contributed by atoms with Crippen LogP contribution >= 0.6 is 23.2 Å². The zero-order valence-electron chi connectivity index (χ0n) is 45.2. The van der Waals surface area contributed by atoms with E-state index in [1.165, 1.54) is 113 Å². The number of rotatable bonds is 12. The van der Waals surface area contributed by atoms with Crippen molar-refractivity contribution in [1.82, 2.24) is 0 Å². The van der Waals surface area contributed by atoms with Crippen LogP contribution in [0.15, 0.2) is 12.1 Å². The Bertz CT molecular complexity index is 1740. The van der Waals surface area contributed by atoms with Crippen LogP contribution in [-0.2, 0) is 28.6 Å². The van der Waals surface area contributed by atoms with Gasteiger partial charge in [-0.25, -0.2) is 13.2 Å². The monoisotopic (exact) mass is 1090 g/mol. The molecule has 72 heavy (non-hydrogen) atoms. The molecule has 0 bridgehead atoms. The lowest BCUT2D eigenvalue weighted by Gasteiger charge is -2.33. The Balaban J connectivity index is 0.000000251. The summed E-state index contributed by atoms with van der Waals surface area (Å²) < 4.78 is 114. The summed E-state index contributed by atoms with van der Waals surface area (Å²) >= 11 is 11.3. The van der Waals surface area contributed by atoms with E-state index in [9.17, 15) is 39.6 Å². The third-order valence-corrected chi connectivity index (χ3v) is 18.6. The van der Waals surface area contributed by atoms with Crippen molar-refractivity contribution >= 4 is 38.6 Å². The van der Waals surface area contributed by atoms with Crippen molar-refractivity contribution in [3.63, 3.8) is 0 Å². The number of hydrogen-bond donors (Lipinski definition) is 0. The molecule has 0 N–H and O–H groups in total. The van der Waals surface area contributed by atoms with E-state index in [1.807, 2.05) is 13.8 Å². The lowest BCUT2D eigenvalue weighted by molar-refractivity contribution is -0.112. The fourth-order valence-corrected chi connectivity index (χ4v) is 12.9. The molecular formula is C57H94Cl2F6O6S. The van der Waals surface area contributed by atoms with Crippen LogP contribution in [0.5, 0.6) is 0 Å². The number of methoxy groups -OCH3 is 2. The van der Waals surface area contributed by atoms with Gasteiger partial charge in [0.05, 0.1) is 12.2 Å². The summed E-state index contributed by atoms with van der Waals surface area (Å²) in [5.74, 6) is 5.47. The number of halogens is 8. The van der Waals surface area contributed by atoms with E-state index in [-0.39, 0.29) is 36.2 Å². The average Bonchev–Trinajstić information content (AvgIpc) is 3.32. The summed E-state index contributed by atoms with van der Waals surface area (Å²) in [6.45, 7) is 13.0. The molecule has 6 aliphatic rings. The minimum atomic E-state index is -5.72. The van der Waals surface area contributed by atoms with E-state index < -0.39 is 40.2 Å². The molecule has 6 aliphatic carbocycles. The second-order valence-electron chi connectivity index (χ2n) is 23.1. The molecule has 1 aromatic carbocycles. The normalized spacial score (nSPS) is 33.2. The molecule has 1 aromatic rings. The summed E-state index contributed by atoms with van der Waals surface area (Å²) in [5, 5.41) is 0.732. The molecule has 0 amide bonds. The summed E-state index contributed by atoms with van der Waals surface area (Å²) in [6, 6.07) is 4.19. The van der Waals surface area contributed by atoms with Crippen LogP contribution in [0.1, 0.15) is 211 Å². The van der Waals surface area contributed by atoms with Gasteiger partial charge in [-0.2, -0.15) is 21.6 Å². The second kappa shape index (κ2) is 33.2. The van der Waals surface area contributed by atoms with Crippen LogP contribution in [0.3, 0.4) is 0 Å². The fourth-order valence-electron chi connectivity index (χ4n) is 11.9. The molecular weight excluding hydrogens is 998 g/mol. The first kappa shape index (κ1) is 65.2. The van der Waals surface area contributed by atoms with Gasteiger partial charge in [0.15, 0.2) is 0 Å². The maximum atomic E-state index is 14.1. The van der Waals surface area contributed by atoms with Crippen molar-refractivity contribution in [2.24, 2.45) is 47.3 Å². The van der Waals surface area contributed by atoms with Crippen molar-refractivity contribution in [3.05, 3.63) is 33.8 Å². The van der Waals surface area contributed by atoms with Crippen LogP contribution in [0, 0.1) is 68.1 Å². The molecule has 6 fully saturated rings. The molecule has 0 radical (unpaired) electrons. The summed E-state index contributed by atoms with van der Waals surface area (Å²) in [6.07, 6.45) is 22.8. The Kier molecular flexibility index (Phi) is 30.1. The van der Waals surface area contributed by atoms with Crippen molar-refractivity contribution in [3.8, 4) is 0 Å². The third-order valence-electron chi connectivity index (χ3n) is 16.8. The smallest absolute Gasteiger partial charge is 0.378 e. The molecule has 0 heterocycles. The number of aryl methyl sites for hydroxylation is 3. The highest BCUT2D eigenvalue weighted by Gasteiger charge is 2.50. The molecule has 0 aromatic heterocycles. The Morgan fingerprint density at radius 2 is 0.917 bits per heavy atom. The lowest BCUT2D eigenvalue weighted by Crippen LogP contribution is -2.38. The van der Waals surface area contributed by atoms with E-state index in [2.05, 4.69) is 44.0 Å². The molecule has 0 spiro atoms. The SMILES string of the molecule is CC1CCC(CC(=O)Cl)CC1.CC1CCC(CCC2CCC(OS(=O)(=O)C(F)(F)F)C(F)C2)CC1.COC1CCC(CCC2CCC(C)CC2)CC1F.COC1CCCCC1F.Cc1cc(C)c(Cl)c(C)c1. The Hall–Kier alpha value is -1.12.